The van der Waals surface area contributed by atoms with Gasteiger partial charge in [0.1, 0.15) is 17.6 Å². The molecule has 0 atom stereocenters. The molecule has 8 heteroatoms. The van der Waals surface area contributed by atoms with Crippen LogP contribution in [0.15, 0.2) is 24.3 Å². The molecule has 0 spiro atoms. The van der Waals surface area contributed by atoms with Crippen LogP contribution in [-0.2, 0) is 30.7 Å². The summed E-state index contributed by atoms with van der Waals surface area (Å²) in [6, 6.07) is 7.31. The van der Waals surface area contributed by atoms with Crippen LogP contribution in [0.1, 0.15) is 123 Å². The van der Waals surface area contributed by atoms with Crippen molar-refractivity contribution in [1.82, 2.24) is 0 Å². The molecule has 0 saturated heterocycles. The third kappa shape index (κ3) is 8.32. The van der Waals surface area contributed by atoms with E-state index in [9.17, 15) is 24.6 Å². The van der Waals surface area contributed by atoms with E-state index in [-0.39, 0.29) is 63.0 Å². The van der Waals surface area contributed by atoms with Gasteiger partial charge < -0.3 is 20.0 Å². The number of hydrogen-bond acceptors (Lipinski definition) is 4. The van der Waals surface area contributed by atoms with Crippen LogP contribution in [0.2, 0.25) is 0 Å². The van der Waals surface area contributed by atoms with Gasteiger partial charge in [0.15, 0.2) is 0 Å². The van der Waals surface area contributed by atoms with Crippen molar-refractivity contribution >= 4 is 37.4 Å². The number of phenolic OH excluding ortho intramolecular Hbond substituents is 2. The molecule has 0 saturated carbocycles. The third-order valence-corrected chi connectivity index (χ3v) is 6.92. The van der Waals surface area contributed by atoms with Crippen molar-refractivity contribution in [2.45, 2.75) is 111 Å². The van der Waals surface area contributed by atoms with Crippen molar-refractivity contribution in [1.29, 1.82) is 0 Å². The van der Waals surface area contributed by atoms with Crippen molar-refractivity contribution in [2.24, 2.45) is 0 Å². The standard InChI is InChI=1S/C29H45O6P.Na.H/c1-26(2,3)17-13-19(23(30)21(15-17)28(7,8)9)25(35-36(32,33)34)20-14-18(27(4,5)6)16-22(24(20)31)29(10,11)12;;/h13-16,25,30-31H,1-12H3,(H2,32,33,34);;. The van der Waals surface area contributed by atoms with Gasteiger partial charge in [0.05, 0.1) is 0 Å². The van der Waals surface area contributed by atoms with E-state index >= 15 is 0 Å². The summed E-state index contributed by atoms with van der Waals surface area (Å²) in [5.74, 6) is -0.210. The Bertz CT molecular complexity index is 1090. The molecule has 37 heavy (non-hydrogen) atoms. The van der Waals surface area contributed by atoms with Crippen molar-refractivity contribution in [3.05, 3.63) is 57.6 Å². The number of phenols is 2. The van der Waals surface area contributed by atoms with Gasteiger partial charge >= 0.3 is 37.4 Å². The molecule has 0 unspecified atom stereocenters. The Labute approximate surface area is 245 Å². The van der Waals surface area contributed by atoms with E-state index in [1.165, 1.54) is 0 Å². The van der Waals surface area contributed by atoms with Gasteiger partial charge in [-0.05, 0) is 56.0 Å². The fourth-order valence-corrected chi connectivity index (χ4v) is 4.64. The Kier molecular flexibility index (Phi) is 10.1. The van der Waals surface area contributed by atoms with Crippen LogP contribution in [0.4, 0.5) is 0 Å². The molecule has 0 radical (unpaired) electrons. The summed E-state index contributed by atoms with van der Waals surface area (Å²) >= 11 is 0. The molecule has 0 heterocycles. The third-order valence-electron chi connectivity index (χ3n) is 6.43. The maximum absolute atomic E-state index is 12.2. The fourth-order valence-electron chi connectivity index (χ4n) is 4.14. The molecule has 0 aliphatic rings. The minimum atomic E-state index is -5.04. The van der Waals surface area contributed by atoms with Crippen LogP contribution in [0.3, 0.4) is 0 Å². The predicted octanol–water partition coefficient (Wildman–Crippen LogP) is 6.84. The van der Waals surface area contributed by atoms with E-state index in [4.69, 9.17) is 4.52 Å². The van der Waals surface area contributed by atoms with E-state index in [2.05, 4.69) is 0 Å². The first kappa shape index (κ1) is 34.2. The van der Waals surface area contributed by atoms with Gasteiger partial charge in [0.2, 0.25) is 0 Å². The number of rotatable bonds is 4. The van der Waals surface area contributed by atoms with Gasteiger partial charge in [-0.3, -0.25) is 4.52 Å². The molecule has 204 valence electrons. The molecule has 0 bridgehead atoms. The second-order valence-corrected chi connectivity index (χ2v) is 15.1. The van der Waals surface area contributed by atoms with E-state index in [1.807, 2.05) is 95.2 Å². The monoisotopic (exact) mass is 544 g/mol. The quantitative estimate of drug-likeness (QED) is 0.248. The maximum atomic E-state index is 12.2. The SMILES string of the molecule is CC(C)(C)c1cc(C(OP(=O)(O)O)c2cc(C(C)(C)C)cc(C(C)(C)C)c2O)c(O)c(C(C)(C)C)c1.[NaH]. The Hall–Kier alpha value is -0.850. The topological polar surface area (TPSA) is 107 Å². The average molecular weight is 545 g/mol. The Morgan fingerprint density at radius 2 is 0.919 bits per heavy atom. The van der Waals surface area contributed by atoms with Gasteiger partial charge in [0.25, 0.3) is 0 Å². The molecule has 0 fully saturated rings. The zero-order valence-electron chi connectivity index (χ0n) is 23.9. The molecule has 0 amide bonds. The zero-order chi connectivity index (χ0) is 28.2. The summed E-state index contributed by atoms with van der Waals surface area (Å²) < 4.78 is 17.6. The van der Waals surface area contributed by atoms with Crippen LogP contribution in [0.5, 0.6) is 11.5 Å². The predicted molar refractivity (Wildman–Crippen MR) is 153 cm³/mol. The average Bonchev–Trinajstić information content (AvgIpc) is 2.62. The van der Waals surface area contributed by atoms with Gasteiger partial charge in [-0.2, -0.15) is 0 Å². The van der Waals surface area contributed by atoms with Crippen molar-refractivity contribution in [3.8, 4) is 11.5 Å². The van der Waals surface area contributed by atoms with Gasteiger partial charge in [0, 0.05) is 11.1 Å². The second-order valence-electron chi connectivity index (χ2n) is 13.9. The second kappa shape index (κ2) is 11.0. The van der Waals surface area contributed by atoms with Gasteiger partial charge in [-0.1, -0.05) is 95.2 Å². The summed E-state index contributed by atoms with van der Waals surface area (Å²) in [5, 5.41) is 23.0. The molecule has 2 aromatic carbocycles. The first-order chi connectivity index (χ1) is 15.8. The number of benzene rings is 2. The minimum absolute atomic E-state index is 0. The molecule has 2 rings (SSSR count). The first-order valence-electron chi connectivity index (χ1n) is 12.3. The molecule has 6 nitrogen and oxygen atoms in total. The molecule has 0 aliphatic carbocycles. The summed E-state index contributed by atoms with van der Waals surface area (Å²) in [7, 11) is -5.04. The number of hydrogen-bond donors (Lipinski definition) is 4. The summed E-state index contributed by atoms with van der Waals surface area (Å²) in [6.45, 7) is 24.0. The van der Waals surface area contributed by atoms with Crippen LogP contribution in [0.25, 0.3) is 0 Å². The summed E-state index contributed by atoms with van der Waals surface area (Å²) in [5.41, 5.74) is 1.87. The van der Waals surface area contributed by atoms with Crippen molar-refractivity contribution in [3.63, 3.8) is 0 Å². The number of phosphoric ester groups is 1. The van der Waals surface area contributed by atoms with E-state index in [0.29, 0.717) is 11.1 Å². The van der Waals surface area contributed by atoms with Crippen molar-refractivity contribution in [2.75, 3.05) is 0 Å². The van der Waals surface area contributed by atoms with Crippen molar-refractivity contribution < 1.29 is 29.1 Å². The molecule has 4 N–H and O–H groups in total. The molecule has 0 aromatic heterocycles. The van der Waals surface area contributed by atoms with Crippen LogP contribution < -0.4 is 0 Å². The molecule has 0 aliphatic heterocycles. The number of phosphoric acid groups is 1. The molecular formula is C29H46NaO6P. The number of aromatic hydroxyl groups is 2. The van der Waals surface area contributed by atoms with Crippen LogP contribution in [-0.4, -0.2) is 49.6 Å². The summed E-state index contributed by atoms with van der Waals surface area (Å²) in [6.07, 6.45) is -1.40. The van der Waals surface area contributed by atoms with Crippen LogP contribution in [0, 0.1) is 0 Å². The summed E-state index contributed by atoms with van der Waals surface area (Å²) in [4.78, 5) is 19.9. The Morgan fingerprint density at radius 1 is 0.622 bits per heavy atom. The molecule has 2 aromatic rings. The Morgan fingerprint density at radius 3 is 1.14 bits per heavy atom. The first-order valence-corrected chi connectivity index (χ1v) is 13.9. The van der Waals surface area contributed by atoms with E-state index < -0.39 is 24.8 Å². The Balaban J connectivity index is 0.00000684. The zero-order valence-corrected chi connectivity index (χ0v) is 24.8. The normalized spacial score (nSPS) is 13.6. The van der Waals surface area contributed by atoms with E-state index in [0.717, 1.165) is 11.1 Å². The van der Waals surface area contributed by atoms with Gasteiger partial charge in [-0.25, -0.2) is 4.57 Å². The fraction of sp³-hybridized carbons (Fsp3) is 0.586. The van der Waals surface area contributed by atoms with Crippen LogP contribution >= 0.6 is 7.82 Å². The molecular weight excluding hydrogens is 498 g/mol. The van der Waals surface area contributed by atoms with Gasteiger partial charge in [-0.15, -0.1) is 0 Å². The van der Waals surface area contributed by atoms with E-state index in [1.54, 1.807) is 12.1 Å².